The van der Waals surface area contributed by atoms with Gasteiger partial charge in [-0.3, -0.25) is 10.1 Å². The molecule has 1 rings (SSSR count). The highest BCUT2D eigenvalue weighted by Crippen LogP contribution is 2.29. The van der Waals surface area contributed by atoms with Crippen molar-refractivity contribution >= 4 is 5.97 Å². The van der Waals surface area contributed by atoms with Crippen LogP contribution in [0.2, 0.25) is 0 Å². The predicted octanol–water partition coefficient (Wildman–Crippen LogP) is -3.15. The first-order chi connectivity index (χ1) is 7.88. The third kappa shape index (κ3) is 2.57. The Kier molecular flexibility index (Phi) is 4.42. The maximum absolute atomic E-state index is 10.7. The second-order valence-corrected chi connectivity index (χ2v) is 4.03. The van der Waals surface area contributed by atoms with Crippen molar-refractivity contribution in [1.82, 2.24) is 5.32 Å². The van der Waals surface area contributed by atoms with Crippen molar-refractivity contribution < 1.29 is 35.1 Å². The molecule has 0 saturated carbocycles. The number of ether oxygens (including phenoxy) is 1. The Balaban J connectivity index is 2.85. The fraction of sp³-hybridized carbons (Fsp3) is 0.889. The van der Waals surface area contributed by atoms with Gasteiger partial charge in [-0.1, -0.05) is 0 Å². The van der Waals surface area contributed by atoms with Gasteiger partial charge in [-0.25, -0.2) is 0 Å². The Bertz CT molecular complexity index is 287. The van der Waals surface area contributed by atoms with Crippen LogP contribution < -0.4 is 5.32 Å². The molecule has 1 fully saturated rings. The molecule has 8 nitrogen and oxygen atoms in total. The molecule has 6 N–H and O–H groups in total. The van der Waals surface area contributed by atoms with Crippen LogP contribution in [0.5, 0.6) is 0 Å². The second kappa shape index (κ2) is 5.25. The number of aliphatic hydroxyl groups is 4. The summed E-state index contributed by atoms with van der Waals surface area (Å²) in [6.45, 7) is 0.0108. The maximum Gasteiger partial charge on any atom is 0.320 e. The topological polar surface area (TPSA) is 139 Å². The molecule has 17 heavy (non-hydrogen) atoms. The van der Waals surface area contributed by atoms with Crippen molar-refractivity contribution in [3.05, 3.63) is 0 Å². The molecule has 0 spiro atoms. The van der Waals surface area contributed by atoms with Gasteiger partial charge < -0.3 is 30.3 Å². The quantitative estimate of drug-likeness (QED) is 0.301. The Morgan fingerprint density at radius 2 is 2.06 bits per heavy atom. The van der Waals surface area contributed by atoms with E-state index in [2.05, 4.69) is 5.32 Å². The molecule has 0 aromatic heterocycles. The summed E-state index contributed by atoms with van der Waals surface area (Å²) < 4.78 is 5.12. The number of nitrogens with one attached hydrogen (secondary N) is 1. The van der Waals surface area contributed by atoms with Gasteiger partial charge in [0, 0.05) is 0 Å². The fourth-order valence-electron chi connectivity index (χ4n) is 1.76. The maximum atomic E-state index is 10.7. The number of hydrogen-bond donors (Lipinski definition) is 6. The molecule has 1 heterocycles. The number of aliphatic hydroxyl groups excluding tert-OH is 4. The molecule has 0 amide bonds. The average Bonchev–Trinajstić information content (AvgIpc) is 2.54. The van der Waals surface area contributed by atoms with E-state index < -0.39 is 49.3 Å². The Morgan fingerprint density at radius 1 is 1.47 bits per heavy atom. The van der Waals surface area contributed by atoms with E-state index in [0.29, 0.717) is 0 Å². The lowest BCUT2D eigenvalue weighted by atomic mass is 10.0. The summed E-state index contributed by atoms with van der Waals surface area (Å²) in [4.78, 5) is 10.7. The minimum absolute atomic E-state index is 0.552. The van der Waals surface area contributed by atoms with E-state index in [9.17, 15) is 20.1 Å². The van der Waals surface area contributed by atoms with Crippen LogP contribution >= 0.6 is 0 Å². The molecule has 1 aliphatic rings. The van der Waals surface area contributed by atoms with Gasteiger partial charge in [0.15, 0.2) is 5.72 Å². The monoisotopic (exact) mass is 251 g/mol. The van der Waals surface area contributed by atoms with Crippen molar-refractivity contribution in [2.45, 2.75) is 37.0 Å². The molecular formula is C9H17NO7. The normalized spacial score (nSPS) is 39.2. The molecule has 1 aliphatic heterocycles. The average molecular weight is 251 g/mol. The van der Waals surface area contributed by atoms with E-state index in [-0.39, 0.29) is 0 Å². The van der Waals surface area contributed by atoms with Gasteiger partial charge in [0.2, 0.25) is 0 Å². The predicted molar refractivity (Wildman–Crippen MR) is 54.0 cm³/mol. The number of carboxylic acids is 1. The zero-order chi connectivity index (χ0) is 13.2. The summed E-state index contributed by atoms with van der Waals surface area (Å²) in [5, 5.41) is 48.5. The van der Waals surface area contributed by atoms with Gasteiger partial charge in [-0.15, -0.1) is 0 Å². The van der Waals surface area contributed by atoms with E-state index in [1.54, 1.807) is 0 Å². The summed E-state index contributed by atoms with van der Waals surface area (Å²) in [7, 11) is 0. The van der Waals surface area contributed by atoms with E-state index >= 15 is 0 Å². The lowest BCUT2D eigenvalue weighted by molar-refractivity contribution is -0.157. The molecule has 0 radical (unpaired) electrons. The summed E-state index contributed by atoms with van der Waals surface area (Å²) in [5.41, 5.74) is -1.79. The highest BCUT2D eigenvalue weighted by Gasteiger charge is 2.54. The third-order valence-electron chi connectivity index (χ3n) is 2.79. The SMILES string of the molecule is C[C@H](N[C@]1(CO)O[C@H](CO)[C@@H](O)[C@@H]1O)C(=O)O. The van der Waals surface area contributed by atoms with Gasteiger partial charge in [-0.05, 0) is 6.92 Å². The molecule has 8 heteroatoms. The van der Waals surface area contributed by atoms with Crippen LogP contribution in [0.25, 0.3) is 0 Å². The zero-order valence-corrected chi connectivity index (χ0v) is 9.28. The van der Waals surface area contributed by atoms with Crippen molar-refractivity contribution in [1.29, 1.82) is 0 Å². The Labute approximate surface area is 97.4 Å². The van der Waals surface area contributed by atoms with Crippen molar-refractivity contribution in [3.63, 3.8) is 0 Å². The van der Waals surface area contributed by atoms with Crippen molar-refractivity contribution in [3.8, 4) is 0 Å². The first-order valence-corrected chi connectivity index (χ1v) is 5.14. The van der Waals surface area contributed by atoms with Gasteiger partial charge >= 0.3 is 5.97 Å². The van der Waals surface area contributed by atoms with E-state index in [1.807, 2.05) is 0 Å². The lowest BCUT2D eigenvalue weighted by Crippen LogP contribution is -2.61. The molecule has 0 unspecified atom stereocenters. The first kappa shape index (κ1) is 14.3. The fourth-order valence-corrected chi connectivity index (χ4v) is 1.76. The van der Waals surface area contributed by atoms with E-state index in [0.717, 1.165) is 0 Å². The Hall–Kier alpha value is -0.770. The van der Waals surface area contributed by atoms with Gasteiger partial charge in [0.25, 0.3) is 0 Å². The van der Waals surface area contributed by atoms with Crippen molar-refractivity contribution in [2.75, 3.05) is 13.2 Å². The highest BCUT2D eigenvalue weighted by atomic mass is 16.6. The molecule has 1 saturated heterocycles. The van der Waals surface area contributed by atoms with Crippen LogP contribution in [0.3, 0.4) is 0 Å². The van der Waals surface area contributed by atoms with Gasteiger partial charge in [-0.2, -0.15) is 0 Å². The van der Waals surface area contributed by atoms with Crippen LogP contribution in [-0.2, 0) is 9.53 Å². The summed E-state index contributed by atoms with van der Waals surface area (Å²) in [6, 6.07) is -1.10. The minimum Gasteiger partial charge on any atom is -0.480 e. The molecule has 0 aromatic rings. The minimum atomic E-state index is -1.79. The molecular weight excluding hydrogens is 234 g/mol. The molecule has 0 aliphatic carbocycles. The molecule has 100 valence electrons. The van der Waals surface area contributed by atoms with Gasteiger partial charge in [0.05, 0.1) is 13.2 Å². The van der Waals surface area contributed by atoms with E-state index in [4.69, 9.17) is 14.9 Å². The van der Waals surface area contributed by atoms with Gasteiger partial charge in [0.1, 0.15) is 24.4 Å². The smallest absolute Gasteiger partial charge is 0.320 e. The van der Waals surface area contributed by atoms with Crippen LogP contribution in [0.4, 0.5) is 0 Å². The molecule has 5 atom stereocenters. The summed E-state index contributed by atoms with van der Waals surface area (Å²) >= 11 is 0. The molecule has 0 aromatic carbocycles. The number of hydrogen-bond acceptors (Lipinski definition) is 7. The van der Waals surface area contributed by atoms with Crippen LogP contribution in [0.15, 0.2) is 0 Å². The van der Waals surface area contributed by atoms with E-state index in [1.165, 1.54) is 6.92 Å². The van der Waals surface area contributed by atoms with Crippen LogP contribution in [-0.4, -0.2) is 74.8 Å². The number of carboxylic acid groups (broad SMARTS) is 1. The standard InChI is InChI=1S/C9H17NO7/c1-4(8(15)16)10-9(3-12)7(14)6(13)5(2-11)17-9/h4-7,10-14H,2-3H2,1H3,(H,15,16)/t4-,5+,6+,7-,9+/m0/s1. The summed E-state index contributed by atoms with van der Waals surface area (Å²) in [5.74, 6) is -1.20. The van der Waals surface area contributed by atoms with Crippen LogP contribution in [0.1, 0.15) is 6.92 Å². The lowest BCUT2D eigenvalue weighted by Gasteiger charge is -2.32. The zero-order valence-electron chi connectivity index (χ0n) is 9.28. The Morgan fingerprint density at radius 3 is 2.41 bits per heavy atom. The van der Waals surface area contributed by atoms with Crippen LogP contribution in [0, 0.1) is 0 Å². The molecule has 0 bridgehead atoms. The highest BCUT2D eigenvalue weighted by molar-refractivity contribution is 5.73. The third-order valence-corrected chi connectivity index (χ3v) is 2.79. The van der Waals surface area contributed by atoms with Crippen molar-refractivity contribution in [2.24, 2.45) is 0 Å². The first-order valence-electron chi connectivity index (χ1n) is 5.14. The summed E-state index contributed by atoms with van der Waals surface area (Å²) in [6.07, 6.45) is -4.02. The number of carbonyl (C=O) groups is 1. The largest absolute Gasteiger partial charge is 0.480 e. The number of rotatable bonds is 5. The number of aliphatic carboxylic acids is 1. The second-order valence-electron chi connectivity index (χ2n) is 4.03.